The Hall–Kier alpha value is -2.37. The summed E-state index contributed by atoms with van der Waals surface area (Å²) < 4.78 is 0. The molecule has 1 aliphatic rings. The van der Waals surface area contributed by atoms with Gasteiger partial charge in [0.2, 0.25) is 5.91 Å². The number of carbonyl (C=O) groups excluding carboxylic acids is 3. The maximum atomic E-state index is 12.7. The normalized spacial score (nSPS) is 14.8. The number of piperidine rings is 1. The Morgan fingerprint density at radius 3 is 2.09 bits per heavy atom. The van der Waals surface area contributed by atoms with E-state index in [1.165, 1.54) is 0 Å². The van der Waals surface area contributed by atoms with Crippen LogP contribution in [0.15, 0.2) is 42.5 Å². The first-order valence-electron chi connectivity index (χ1n) is 10.7. The third-order valence-electron chi connectivity index (χ3n) is 5.84. The Kier molecular flexibility index (Phi) is 7.63. The van der Waals surface area contributed by atoms with Crippen LogP contribution in [0, 0.1) is 5.92 Å². The predicted octanol–water partition coefficient (Wildman–Crippen LogP) is 5.14. The molecule has 0 aliphatic carbocycles. The topological polar surface area (TPSA) is 66.5 Å². The maximum absolute atomic E-state index is 12.7. The molecular formula is C25H28Cl2N2O3. The average Bonchev–Trinajstić information content (AvgIpc) is 2.78. The van der Waals surface area contributed by atoms with Crippen LogP contribution in [0.1, 0.15) is 59.9 Å². The van der Waals surface area contributed by atoms with Crippen LogP contribution < -0.4 is 5.32 Å². The van der Waals surface area contributed by atoms with E-state index in [0.717, 1.165) is 5.56 Å². The zero-order chi connectivity index (χ0) is 23.5. The van der Waals surface area contributed by atoms with Crippen LogP contribution in [0.3, 0.4) is 0 Å². The minimum absolute atomic E-state index is 0.0122. The summed E-state index contributed by atoms with van der Waals surface area (Å²) >= 11 is 11.9. The van der Waals surface area contributed by atoms with Crippen LogP contribution in [0.25, 0.3) is 0 Å². The van der Waals surface area contributed by atoms with E-state index in [0.29, 0.717) is 47.1 Å². The van der Waals surface area contributed by atoms with Crippen molar-refractivity contribution in [1.82, 2.24) is 10.2 Å². The number of hydrogen-bond acceptors (Lipinski definition) is 3. The molecule has 1 fully saturated rings. The van der Waals surface area contributed by atoms with Crippen LogP contribution in [-0.4, -0.2) is 42.1 Å². The summed E-state index contributed by atoms with van der Waals surface area (Å²) in [5.74, 6) is -0.566. The number of halogens is 2. The van der Waals surface area contributed by atoms with Crippen LogP contribution in [0.4, 0.5) is 0 Å². The third-order valence-corrected chi connectivity index (χ3v) is 6.57. The third kappa shape index (κ3) is 5.90. The summed E-state index contributed by atoms with van der Waals surface area (Å²) in [4.78, 5) is 39.4. The Morgan fingerprint density at radius 1 is 0.938 bits per heavy atom. The van der Waals surface area contributed by atoms with Gasteiger partial charge >= 0.3 is 0 Å². The highest BCUT2D eigenvalue weighted by Gasteiger charge is 2.28. The highest BCUT2D eigenvalue weighted by atomic mass is 35.5. The summed E-state index contributed by atoms with van der Waals surface area (Å²) in [7, 11) is 0. The van der Waals surface area contributed by atoms with Gasteiger partial charge in [0.25, 0.3) is 5.91 Å². The van der Waals surface area contributed by atoms with Crippen LogP contribution >= 0.6 is 23.2 Å². The Morgan fingerprint density at radius 2 is 1.53 bits per heavy atom. The van der Waals surface area contributed by atoms with Crippen molar-refractivity contribution in [3.63, 3.8) is 0 Å². The van der Waals surface area contributed by atoms with Crippen molar-refractivity contribution in [3.8, 4) is 0 Å². The molecular weight excluding hydrogens is 447 g/mol. The maximum Gasteiger partial charge on any atom is 0.251 e. The zero-order valence-electron chi connectivity index (χ0n) is 18.6. The number of likely N-dealkylation sites (tertiary alicyclic amines) is 1. The summed E-state index contributed by atoms with van der Waals surface area (Å²) in [5, 5.41) is 3.47. The van der Waals surface area contributed by atoms with Gasteiger partial charge < -0.3 is 10.2 Å². The standard InChI is InChI=1S/C25H28Cl2N2O3/c1-25(2,3)19-7-4-17(5-8-19)24(32)28-15-22(30)29-12-10-16(11-13-29)23(31)18-6-9-20(26)21(27)14-18/h4-9,14,16H,10-13,15H2,1-3H3,(H,28,32). The minimum Gasteiger partial charge on any atom is -0.343 e. The molecule has 1 heterocycles. The van der Waals surface area contributed by atoms with Gasteiger partial charge in [-0.15, -0.1) is 0 Å². The van der Waals surface area contributed by atoms with E-state index < -0.39 is 0 Å². The van der Waals surface area contributed by atoms with E-state index in [4.69, 9.17) is 23.2 Å². The van der Waals surface area contributed by atoms with Gasteiger partial charge in [-0.05, 0) is 54.2 Å². The van der Waals surface area contributed by atoms with E-state index in [1.807, 2.05) is 12.1 Å². The first-order valence-corrected chi connectivity index (χ1v) is 11.5. The van der Waals surface area contributed by atoms with E-state index in [-0.39, 0.29) is 35.5 Å². The average molecular weight is 475 g/mol. The predicted molar refractivity (Wildman–Crippen MR) is 128 cm³/mol. The highest BCUT2D eigenvalue weighted by molar-refractivity contribution is 6.42. The number of amides is 2. The fourth-order valence-electron chi connectivity index (χ4n) is 3.77. The van der Waals surface area contributed by atoms with Gasteiger partial charge in [-0.1, -0.05) is 56.1 Å². The molecule has 2 aromatic carbocycles. The molecule has 0 unspecified atom stereocenters. The van der Waals surface area contributed by atoms with Crippen molar-refractivity contribution >= 4 is 40.8 Å². The van der Waals surface area contributed by atoms with Crippen LogP contribution in [-0.2, 0) is 10.2 Å². The van der Waals surface area contributed by atoms with Crippen molar-refractivity contribution in [1.29, 1.82) is 0 Å². The molecule has 0 atom stereocenters. The summed E-state index contributed by atoms with van der Waals surface area (Å²) in [6, 6.07) is 12.3. The molecule has 170 valence electrons. The molecule has 1 aliphatic heterocycles. The van der Waals surface area contributed by atoms with Crippen LogP contribution in [0.2, 0.25) is 10.0 Å². The number of benzene rings is 2. The van der Waals surface area contributed by atoms with E-state index >= 15 is 0 Å². The molecule has 1 N–H and O–H groups in total. The Balaban J connectivity index is 1.48. The number of nitrogens with zero attached hydrogens (tertiary/aromatic N) is 1. The van der Waals surface area contributed by atoms with Gasteiger partial charge in [-0.2, -0.15) is 0 Å². The quantitative estimate of drug-likeness (QED) is 0.609. The van der Waals surface area contributed by atoms with Crippen molar-refractivity contribution in [2.45, 2.75) is 39.0 Å². The number of Topliss-reactive ketones (excluding diaryl/α,β-unsaturated/α-hetero) is 1. The molecule has 0 aromatic heterocycles. The van der Waals surface area contributed by atoms with Gasteiger partial charge in [0.15, 0.2) is 5.78 Å². The van der Waals surface area contributed by atoms with Crippen molar-refractivity contribution in [2.24, 2.45) is 5.92 Å². The fourth-order valence-corrected chi connectivity index (χ4v) is 4.07. The molecule has 2 aromatic rings. The van der Waals surface area contributed by atoms with Crippen molar-refractivity contribution in [3.05, 3.63) is 69.2 Å². The van der Waals surface area contributed by atoms with Crippen molar-refractivity contribution in [2.75, 3.05) is 19.6 Å². The summed E-state index contributed by atoms with van der Waals surface area (Å²) in [6.45, 7) is 7.23. The molecule has 7 heteroatoms. The van der Waals surface area contributed by atoms with Gasteiger partial charge in [-0.25, -0.2) is 0 Å². The van der Waals surface area contributed by atoms with Crippen LogP contribution in [0.5, 0.6) is 0 Å². The molecule has 1 saturated heterocycles. The smallest absolute Gasteiger partial charge is 0.251 e. The molecule has 0 spiro atoms. The van der Waals surface area contributed by atoms with Gasteiger partial charge in [0.05, 0.1) is 16.6 Å². The first-order chi connectivity index (χ1) is 15.1. The lowest BCUT2D eigenvalue weighted by atomic mass is 9.87. The second-order valence-electron chi connectivity index (χ2n) is 9.16. The number of rotatable bonds is 5. The number of carbonyl (C=O) groups is 3. The fraction of sp³-hybridized carbons (Fsp3) is 0.400. The van der Waals surface area contributed by atoms with Crippen molar-refractivity contribution < 1.29 is 14.4 Å². The molecule has 5 nitrogen and oxygen atoms in total. The SMILES string of the molecule is CC(C)(C)c1ccc(C(=O)NCC(=O)N2CCC(C(=O)c3ccc(Cl)c(Cl)c3)CC2)cc1. The molecule has 32 heavy (non-hydrogen) atoms. The lowest BCUT2D eigenvalue weighted by Crippen LogP contribution is -2.45. The molecule has 0 radical (unpaired) electrons. The zero-order valence-corrected chi connectivity index (χ0v) is 20.1. The first kappa shape index (κ1) is 24.3. The molecule has 0 bridgehead atoms. The second-order valence-corrected chi connectivity index (χ2v) is 9.97. The lowest BCUT2D eigenvalue weighted by Gasteiger charge is -2.31. The summed E-state index contributed by atoms with van der Waals surface area (Å²) in [5.41, 5.74) is 2.22. The highest BCUT2D eigenvalue weighted by Crippen LogP contribution is 2.27. The largest absolute Gasteiger partial charge is 0.343 e. The molecule has 3 rings (SSSR count). The Bertz CT molecular complexity index is 1000. The number of hydrogen-bond donors (Lipinski definition) is 1. The van der Waals surface area contributed by atoms with Gasteiger partial charge in [-0.3, -0.25) is 14.4 Å². The van der Waals surface area contributed by atoms with E-state index in [2.05, 4.69) is 26.1 Å². The minimum atomic E-state index is -0.275. The molecule has 2 amide bonds. The van der Waals surface area contributed by atoms with E-state index in [9.17, 15) is 14.4 Å². The Labute approximate surface area is 199 Å². The van der Waals surface area contributed by atoms with E-state index in [1.54, 1.807) is 35.2 Å². The van der Waals surface area contributed by atoms with Gasteiger partial charge in [0.1, 0.15) is 0 Å². The summed E-state index contributed by atoms with van der Waals surface area (Å²) in [6.07, 6.45) is 1.15. The number of nitrogens with one attached hydrogen (secondary N) is 1. The monoisotopic (exact) mass is 474 g/mol. The molecule has 0 saturated carbocycles. The van der Waals surface area contributed by atoms with Gasteiger partial charge in [0, 0.05) is 30.1 Å². The lowest BCUT2D eigenvalue weighted by molar-refractivity contribution is -0.131. The number of ketones is 1. The second kappa shape index (κ2) is 10.1.